The van der Waals surface area contributed by atoms with Crippen LogP contribution in [0.3, 0.4) is 0 Å². The van der Waals surface area contributed by atoms with Crippen LogP contribution in [0.15, 0.2) is 99.0 Å². The zero-order valence-electron chi connectivity index (χ0n) is 16.6. The van der Waals surface area contributed by atoms with E-state index in [9.17, 15) is 4.79 Å². The van der Waals surface area contributed by atoms with Crippen LogP contribution in [0.2, 0.25) is 0 Å². The van der Waals surface area contributed by atoms with Crippen LogP contribution in [-0.4, -0.2) is 17.1 Å². The van der Waals surface area contributed by atoms with Crippen molar-refractivity contribution in [2.45, 2.75) is 0 Å². The van der Waals surface area contributed by atoms with Gasteiger partial charge in [0.2, 0.25) is 5.13 Å². The predicted octanol–water partition coefficient (Wildman–Crippen LogP) is 7.66. The van der Waals surface area contributed by atoms with Gasteiger partial charge < -0.3 is 0 Å². The fourth-order valence-electron chi connectivity index (χ4n) is 3.36. The Morgan fingerprint density at radius 1 is 0.906 bits per heavy atom. The van der Waals surface area contributed by atoms with Crippen molar-refractivity contribution in [1.29, 1.82) is 0 Å². The van der Waals surface area contributed by atoms with Gasteiger partial charge in [0.1, 0.15) is 0 Å². The van der Waals surface area contributed by atoms with Gasteiger partial charge in [-0.15, -0.1) is 0 Å². The Labute approximate surface area is 205 Å². The maximum atomic E-state index is 13.7. The molecule has 0 saturated heterocycles. The average Bonchev–Trinajstić information content (AvgIpc) is 3.22. The van der Waals surface area contributed by atoms with Crippen LogP contribution in [-0.2, 0) is 0 Å². The number of hydrazone groups is 1. The molecule has 0 spiro atoms. The number of thiazole rings is 1. The molecular weight excluding hydrogens is 550 g/mol. The van der Waals surface area contributed by atoms with Crippen LogP contribution in [0, 0.1) is 0 Å². The molecule has 0 aliphatic carbocycles. The van der Waals surface area contributed by atoms with Crippen LogP contribution in [0.4, 0.5) is 5.13 Å². The zero-order chi connectivity index (χ0) is 22.1. The first-order valence-corrected chi connectivity index (χ1v) is 12.2. The van der Waals surface area contributed by atoms with Gasteiger partial charge in [-0.25, -0.2) is 4.98 Å². The molecule has 0 atom stereocenters. The van der Waals surface area contributed by atoms with Gasteiger partial charge in [0, 0.05) is 14.5 Å². The van der Waals surface area contributed by atoms with Crippen molar-refractivity contribution in [2.75, 3.05) is 5.01 Å². The third-order valence-electron chi connectivity index (χ3n) is 4.93. The zero-order valence-corrected chi connectivity index (χ0v) is 20.6. The Bertz CT molecular complexity index is 1470. The van der Waals surface area contributed by atoms with Gasteiger partial charge in [0.05, 0.1) is 16.4 Å². The van der Waals surface area contributed by atoms with Gasteiger partial charge in [-0.05, 0) is 52.7 Å². The minimum absolute atomic E-state index is 0.228. The topological polar surface area (TPSA) is 45.6 Å². The van der Waals surface area contributed by atoms with E-state index in [0.717, 1.165) is 35.5 Å². The van der Waals surface area contributed by atoms with E-state index >= 15 is 0 Å². The number of carbonyl (C=O) groups excluding carboxylic acids is 1. The summed E-state index contributed by atoms with van der Waals surface area (Å²) < 4.78 is 2.92. The highest BCUT2D eigenvalue weighted by atomic mass is 79.9. The second-order valence-corrected chi connectivity index (χ2v) is 9.89. The van der Waals surface area contributed by atoms with Crippen molar-refractivity contribution in [1.82, 2.24) is 4.98 Å². The maximum absolute atomic E-state index is 13.7. The number of halogens is 2. The standard InChI is InChI=1S/C25H15Br2N3OS/c26-18-10-8-16(9-11-18)15-28-30(25-29-22-13-12-19(27)14-23(22)32-25)24(31)21-7-3-5-17-4-1-2-6-20(17)21/h1-15H/b28-15+. The van der Waals surface area contributed by atoms with Crippen molar-refractivity contribution in [3.63, 3.8) is 0 Å². The molecule has 5 rings (SSSR count). The summed E-state index contributed by atoms with van der Waals surface area (Å²) in [6.45, 7) is 0. The van der Waals surface area contributed by atoms with Gasteiger partial charge in [0.25, 0.3) is 5.91 Å². The number of benzene rings is 4. The molecule has 0 aliphatic rings. The molecule has 0 unspecified atom stereocenters. The molecule has 0 aliphatic heterocycles. The highest BCUT2D eigenvalue weighted by molar-refractivity contribution is 9.10. The molecule has 0 radical (unpaired) electrons. The molecule has 156 valence electrons. The van der Waals surface area contributed by atoms with Crippen molar-refractivity contribution >= 4 is 81.4 Å². The second-order valence-electron chi connectivity index (χ2n) is 7.05. The van der Waals surface area contributed by atoms with Crippen LogP contribution >= 0.6 is 43.2 Å². The molecule has 4 nitrogen and oxygen atoms in total. The molecule has 0 bridgehead atoms. The third kappa shape index (κ3) is 4.24. The van der Waals surface area contributed by atoms with E-state index in [2.05, 4.69) is 41.9 Å². The lowest BCUT2D eigenvalue weighted by Crippen LogP contribution is -2.25. The Morgan fingerprint density at radius 2 is 1.66 bits per heavy atom. The Kier molecular flexibility index (Phi) is 5.87. The van der Waals surface area contributed by atoms with E-state index in [1.165, 1.54) is 16.3 Å². The molecule has 0 saturated carbocycles. The number of amides is 1. The maximum Gasteiger partial charge on any atom is 0.281 e. The van der Waals surface area contributed by atoms with Crippen LogP contribution < -0.4 is 5.01 Å². The van der Waals surface area contributed by atoms with E-state index in [0.29, 0.717) is 10.7 Å². The fourth-order valence-corrected chi connectivity index (χ4v) is 5.10. The lowest BCUT2D eigenvalue weighted by molar-refractivity contribution is 0.0989. The van der Waals surface area contributed by atoms with Gasteiger partial charge in [-0.2, -0.15) is 10.1 Å². The van der Waals surface area contributed by atoms with Crippen molar-refractivity contribution in [3.8, 4) is 0 Å². The van der Waals surface area contributed by atoms with Crippen molar-refractivity contribution in [3.05, 3.63) is 105 Å². The summed E-state index contributed by atoms with van der Waals surface area (Å²) in [5, 5.41) is 8.37. The van der Waals surface area contributed by atoms with Crippen molar-refractivity contribution in [2.24, 2.45) is 5.10 Å². The monoisotopic (exact) mass is 563 g/mol. The molecule has 5 aromatic rings. The molecule has 32 heavy (non-hydrogen) atoms. The number of carbonyl (C=O) groups is 1. The van der Waals surface area contributed by atoms with Gasteiger partial charge in [-0.3, -0.25) is 4.79 Å². The number of fused-ring (bicyclic) bond motifs is 2. The van der Waals surface area contributed by atoms with Crippen molar-refractivity contribution < 1.29 is 4.79 Å². The van der Waals surface area contributed by atoms with Crippen LogP contribution in [0.25, 0.3) is 21.0 Å². The van der Waals surface area contributed by atoms with Gasteiger partial charge in [0.15, 0.2) is 0 Å². The summed E-state index contributed by atoms with van der Waals surface area (Å²) in [4.78, 5) is 18.4. The highest BCUT2D eigenvalue weighted by Crippen LogP contribution is 2.32. The Morgan fingerprint density at radius 3 is 2.50 bits per heavy atom. The average molecular weight is 565 g/mol. The van der Waals surface area contributed by atoms with Crippen LogP contribution in [0.5, 0.6) is 0 Å². The number of anilines is 1. The Balaban J connectivity index is 1.62. The molecule has 1 aromatic heterocycles. The quantitative estimate of drug-likeness (QED) is 0.166. The fraction of sp³-hybridized carbons (Fsp3) is 0. The third-order valence-corrected chi connectivity index (χ3v) is 6.94. The first-order chi connectivity index (χ1) is 15.6. The summed E-state index contributed by atoms with van der Waals surface area (Å²) >= 11 is 8.37. The number of nitrogens with zero attached hydrogens (tertiary/aromatic N) is 3. The molecule has 0 fully saturated rings. The second kappa shape index (κ2) is 8.94. The highest BCUT2D eigenvalue weighted by Gasteiger charge is 2.22. The molecule has 4 aromatic carbocycles. The molecule has 0 N–H and O–H groups in total. The van der Waals surface area contributed by atoms with E-state index in [1.54, 1.807) is 6.21 Å². The SMILES string of the molecule is O=C(c1cccc2ccccc12)N(/N=C/c1ccc(Br)cc1)c1nc2ccc(Br)cc2s1. The normalized spacial score (nSPS) is 11.4. The summed E-state index contributed by atoms with van der Waals surface area (Å²) in [5.74, 6) is -0.228. The minimum atomic E-state index is -0.228. The number of hydrogen-bond acceptors (Lipinski definition) is 4. The van der Waals surface area contributed by atoms with Gasteiger partial charge in [-0.1, -0.05) is 91.7 Å². The first kappa shape index (κ1) is 21.0. The van der Waals surface area contributed by atoms with E-state index < -0.39 is 0 Å². The van der Waals surface area contributed by atoms with E-state index in [-0.39, 0.29) is 5.91 Å². The largest absolute Gasteiger partial charge is 0.281 e. The minimum Gasteiger partial charge on any atom is -0.267 e. The summed E-state index contributed by atoms with van der Waals surface area (Å²) in [5.41, 5.74) is 2.28. The smallest absolute Gasteiger partial charge is 0.267 e. The lowest BCUT2D eigenvalue weighted by atomic mass is 10.0. The number of aromatic nitrogens is 1. The first-order valence-electron chi connectivity index (χ1n) is 9.76. The predicted molar refractivity (Wildman–Crippen MR) is 140 cm³/mol. The van der Waals surface area contributed by atoms with Gasteiger partial charge >= 0.3 is 0 Å². The molecule has 1 amide bonds. The van der Waals surface area contributed by atoms with E-state index in [4.69, 9.17) is 0 Å². The summed E-state index contributed by atoms with van der Waals surface area (Å²) in [6, 6.07) is 27.2. The molecular formula is C25H15Br2N3OS. The summed E-state index contributed by atoms with van der Waals surface area (Å²) in [7, 11) is 0. The number of hydrogen-bond donors (Lipinski definition) is 0. The van der Waals surface area contributed by atoms with E-state index in [1.807, 2.05) is 84.9 Å². The molecule has 1 heterocycles. The van der Waals surface area contributed by atoms with Crippen LogP contribution in [0.1, 0.15) is 15.9 Å². The number of rotatable bonds is 4. The molecule has 7 heteroatoms. The lowest BCUT2D eigenvalue weighted by Gasteiger charge is -2.15. The summed E-state index contributed by atoms with van der Waals surface area (Å²) in [6.07, 6.45) is 1.68. The Hall–Kier alpha value is -2.87.